The van der Waals surface area contributed by atoms with Crippen LogP contribution in [0.4, 0.5) is 0 Å². The molecule has 0 N–H and O–H groups in total. The van der Waals surface area contributed by atoms with Crippen molar-refractivity contribution in [3.63, 3.8) is 0 Å². The number of halogens is 1. The predicted octanol–water partition coefficient (Wildman–Crippen LogP) is 1.45. The van der Waals surface area contributed by atoms with Crippen molar-refractivity contribution in [1.29, 1.82) is 0 Å². The highest BCUT2D eigenvalue weighted by atomic mass is 35.5. The third kappa shape index (κ3) is 2.52. The summed E-state index contributed by atoms with van der Waals surface area (Å²) in [5, 5.41) is 7.62. The SMILES string of the molecule is CCN(CC)C(=O)C(C)n1cnnc1CCl. The number of aromatic nitrogens is 3. The molecule has 0 aliphatic heterocycles. The maximum Gasteiger partial charge on any atom is 0.245 e. The van der Waals surface area contributed by atoms with E-state index >= 15 is 0 Å². The quantitative estimate of drug-likeness (QED) is 0.737. The first-order valence-electron chi connectivity index (χ1n) is 5.38. The Hall–Kier alpha value is -1.10. The minimum absolute atomic E-state index is 0.0659. The Labute approximate surface area is 100 Å². The van der Waals surface area contributed by atoms with Gasteiger partial charge in [-0.2, -0.15) is 0 Å². The summed E-state index contributed by atoms with van der Waals surface area (Å²) in [4.78, 5) is 13.9. The van der Waals surface area contributed by atoms with Crippen molar-refractivity contribution >= 4 is 17.5 Å². The lowest BCUT2D eigenvalue weighted by molar-refractivity contribution is -0.133. The van der Waals surface area contributed by atoms with Gasteiger partial charge >= 0.3 is 0 Å². The summed E-state index contributed by atoms with van der Waals surface area (Å²) in [6.07, 6.45) is 1.55. The molecule has 0 radical (unpaired) electrons. The highest BCUT2D eigenvalue weighted by Crippen LogP contribution is 2.13. The molecular weight excluding hydrogens is 228 g/mol. The normalized spacial score (nSPS) is 12.5. The van der Waals surface area contributed by atoms with Crippen LogP contribution in [0.3, 0.4) is 0 Å². The van der Waals surface area contributed by atoms with E-state index in [1.165, 1.54) is 0 Å². The van der Waals surface area contributed by atoms with Gasteiger partial charge in [0.25, 0.3) is 0 Å². The number of hydrogen-bond donors (Lipinski definition) is 0. The van der Waals surface area contributed by atoms with E-state index in [0.717, 1.165) is 0 Å². The van der Waals surface area contributed by atoms with Crippen molar-refractivity contribution < 1.29 is 4.79 Å². The number of amides is 1. The van der Waals surface area contributed by atoms with E-state index in [-0.39, 0.29) is 17.8 Å². The Morgan fingerprint density at radius 2 is 2.19 bits per heavy atom. The van der Waals surface area contributed by atoms with Crippen molar-refractivity contribution in [2.45, 2.75) is 32.7 Å². The number of rotatable bonds is 5. The van der Waals surface area contributed by atoms with Crippen LogP contribution >= 0.6 is 11.6 Å². The van der Waals surface area contributed by atoms with Crippen LogP contribution in [0.5, 0.6) is 0 Å². The van der Waals surface area contributed by atoms with Gasteiger partial charge in [-0.05, 0) is 20.8 Å². The first-order valence-corrected chi connectivity index (χ1v) is 5.92. The second-order valence-electron chi connectivity index (χ2n) is 3.47. The smallest absolute Gasteiger partial charge is 0.245 e. The Balaban J connectivity index is 2.85. The number of nitrogens with zero attached hydrogens (tertiary/aromatic N) is 4. The van der Waals surface area contributed by atoms with Gasteiger partial charge in [-0.25, -0.2) is 0 Å². The second-order valence-corrected chi connectivity index (χ2v) is 3.74. The number of hydrogen-bond acceptors (Lipinski definition) is 3. The van der Waals surface area contributed by atoms with E-state index in [1.54, 1.807) is 15.8 Å². The summed E-state index contributed by atoms with van der Waals surface area (Å²) in [5.41, 5.74) is 0. The molecule has 1 heterocycles. The van der Waals surface area contributed by atoms with E-state index in [4.69, 9.17) is 11.6 Å². The molecule has 0 aromatic carbocycles. The molecule has 1 atom stereocenters. The molecule has 0 aliphatic rings. The minimum atomic E-state index is -0.302. The van der Waals surface area contributed by atoms with E-state index in [0.29, 0.717) is 18.9 Å². The number of carbonyl (C=O) groups is 1. The minimum Gasteiger partial charge on any atom is -0.341 e. The fraction of sp³-hybridized carbons (Fsp3) is 0.700. The van der Waals surface area contributed by atoms with Crippen LogP contribution in [0.2, 0.25) is 0 Å². The Morgan fingerprint density at radius 1 is 1.56 bits per heavy atom. The summed E-state index contributed by atoms with van der Waals surface area (Å²) in [6.45, 7) is 7.17. The van der Waals surface area contributed by atoms with Crippen LogP contribution in [-0.2, 0) is 10.7 Å². The van der Waals surface area contributed by atoms with Gasteiger partial charge in [0.05, 0.1) is 5.88 Å². The van der Waals surface area contributed by atoms with Gasteiger partial charge in [-0.1, -0.05) is 0 Å². The summed E-state index contributed by atoms with van der Waals surface area (Å²) >= 11 is 5.72. The fourth-order valence-electron chi connectivity index (χ4n) is 1.60. The molecule has 0 fully saturated rings. The van der Waals surface area contributed by atoms with Gasteiger partial charge in [0.2, 0.25) is 5.91 Å². The number of alkyl halides is 1. The van der Waals surface area contributed by atoms with Gasteiger partial charge in [-0.15, -0.1) is 21.8 Å². The third-order valence-corrected chi connectivity index (χ3v) is 2.86. The zero-order valence-corrected chi connectivity index (χ0v) is 10.6. The molecular formula is C10H17ClN4O. The molecule has 5 nitrogen and oxygen atoms in total. The van der Waals surface area contributed by atoms with Gasteiger partial charge < -0.3 is 9.47 Å². The lowest BCUT2D eigenvalue weighted by Crippen LogP contribution is -2.36. The van der Waals surface area contributed by atoms with Gasteiger partial charge in [0.15, 0.2) is 0 Å². The van der Waals surface area contributed by atoms with E-state index < -0.39 is 0 Å². The molecule has 0 bridgehead atoms. The van der Waals surface area contributed by atoms with Crippen LogP contribution in [0.25, 0.3) is 0 Å². The van der Waals surface area contributed by atoms with Gasteiger partial charge in [0, 0.05) is 13.1 Å². The van der Waals surface area contributed by atoms with Crippen molar-refractivity contribution in [1.82, 2.24) is 19.7 Å². The lowest BCUT2D eigenvalue weighted by atomic mass is 10.2. The standard InChI is InChI=1S/C10H17ClN4O/c1-4-14(5-2)10(16)8(3)15-7-12-13-9(15)6-11/h7-8H,4-6H2,1-3H3. The molecule has 16 heavy (non-hydrogen) atoms. The first kappa shape index (κ1) is 13.0. The average molecular weight is 245 g/mol. The lowest BCUT2D eigenvalue weighted by Gasteiger charge is -2.23. The fourth-order valence-corrected chi connectivity index (χ4v) is 1.80. The number of likely N-dealkylation sites (N-methyl/N-ethyl adjacent to an activating group) is 1. The second kappa shape index (κ2) is 5.84. The van der Waals surface area contributed by atoms with Crippen LogP contribution in [0.1, 0.15) is 32.6 Å². The largest absolute Gasteiger partial charge is 0.341 e. The molecule has 0 aliphatic carbocycles. The Kier molecular flexibility index (Phi) is 4.73. The van der Waals surface area contributed by atoms with Crippen LogP contribution in [-0.4, -0.2) is 38.7 Å². The topological polar surface area (TPSA) is 51.0 Å². The van der Waals surface area contributed by atoms with Crippen LogP contribution < -0.4 is 0 Å². The molecule has 0 spiro atoms. The highest BCUT2D eigenvalue weighted by Gasteiger charge is 2.21. The first-order chi connectivity index (χ1) is 7.65. The van der Waals surface area contributed by atoms with Crippen LogP contribution in [0, 0.1) is 0 Å². The third-order valence-electron chi connectivity index (χ3n) is 2.62. The number of carbonyl (C=O) groups excluding carboxylic acids is 1. The van der Waals surface area contributed by atoms with Crippen molar-refractivity contribution in [2.75, 3.05) is 13.1 Å². The maximum atomic E-state index is 12.1. The zero-order chi connectivity index (χ0) is 12.1. The maximum absolute atomic E-state index is 12.1. The molecule has 1 amide bonds. The van der Waals surface area contributed by atoms with Gasteiger partial charge in [-0.3, -0.25) is 4.79 Å². The summed E-state index contributed by atoms with van der Waals surface area (Å²) < 4.78 is 1.72. The molecule has 6 heteroatoms. The van der Waals surface area contributed by atoms with Crippen molar-refractivity contribution in [3.05, 3.63) is 12.2 Å². The van der Waals surface area contributed by atoms with E-state index in [2.05, 4.69) is 10.2 Å². The van der Waals surface area contributed by atoms with Crippen LogP contribution in [0.15, 0.2) is 6.33 Å². The molecule has 1 unspecified atom stereocenters. The Bertz CT molecular complexity index is 348. The molecule has 1 aromatic heterocycles. The van der Waals surface area contributed by atoms with E-state index in [9.17, 15) is 4.79 Å². The van der Waals surface area contributed by atoms with E-state index in [1.807, 2.05) is 20.8 Å². The summed E-state index contributed by atoms with van der Waals surface area (Å²) in [6, 6.07) is -0.302. The zero-order valence-electron chi connectivity index (χ0n) is 9.85. The molecule has 1 aromatic rings. The highest BCUT2D eigenvalue weighted by molar-refractivity contribution is 6.16. The molecule has 90 valence electrons. The molecule has 1 rings (SSSR count). The molecule has 0 saturated heterocycles. The summed E-state index contributed by atoms with van der Waals surface area (Å²) in [7, 11) is 0. The van der Waals surface area contributed by atoms with Gasteiger partial charge in [0.1, 0.15) is 18.2 Å². The predicted molar refractivity (Wildman–Crippen MR) is 62.2 cm³/mol. The van der Waals surface area contributed by atoms with Crippen molar-refractivity contribution in [2.24, 2.45) is 0 Å². The van der Waals surface area contributed by atoms with Crippen molar-refractivity contribution in [3.8, 4) is 0 Å². The monoisotopic (exact) mass is 244 g/mol. The summed E-state index contributed by atoms with van der Waals surface area (Å²) in [5.74, 6) is 0.946. The average Bonchev–Trinajstić information content (AvgIpc) is 2.77. The molecule has 0 saturated carbocycles. The Morgan fingerprint density at radius 3 is 2.69 bits per heavy atom.